The van der Waals surface area contributed by atoms with Crippen LogP contribution in [-0.2, 0) is 21.2 Å². The molecule has 1 amide bonds. The molecule has 0 unspecified atom stereocenters. The minimum absolute atomic E-state index is 0.0928. The van der Waals surface area contributed by atoms with Crippen molar-refractivity contribution in [2.45, 2.75) is 19.8 Å². The lowest BCUT2D eigenvalue weighted by molar-refractivity contribution is -0.116. The number of hydrogen-bond donors (Lipinski definition) is 1. The molecular formula is C18H20F2N2O3S. The van der Waals surface area contributed by atoms with Gasteiger partial charge < -0.3 is 5.32 Å². The number of anilines is 2. The lowest BCUT2D eigenvalue weighted by Gasteiger charge is -2.24. The van der Waals surface area contributed by atoms with Crippen molar-refractivity contribution in [1.29, 1.82) is 0 Å². The average Bonchev–Trinajstić information content (AvgIpc) is 2.57. The van der Waals surface area contributed by atoms with Crippen molar-refractivity contribution in [1.82, 2.24) is 0 Å². The molecule has 0 saturated carbocycles. The standard InChI is InChI=1S/C18H20F2N2O3S/c1-3-13-6-4-5-7-17(13)22(26(2,24)25)11-10-18(23)21-16-9-8-14(19)12-15(16)20/h4-9,12H,3,10-11H2,1-2H3,(H,21,23). The maximum Gasteiger partial charge on any atom is 0.232 e. The quantitative estimate of drug-likeness (QED) is 0.799. The Labute approximate surface area is 151 Å². The zero-order chi connectivity index (χ0) is 19.3. The fraction of sp³-hybridized carbons (Fsp3) is 0.278. The van der Waals surface area contributed by atoms with Crippen LogP contribution in [0.2, 0.25) is 0 Å². The Morgan fingerprint density at radius 2 is 1.85 bits per heavy atom. The maximum absolute atomic E-state index is 13.6. The van der Waals surface area contributed by atoms with E-state index in [0.717, 1.165) is 28.3 Å². The van der Waals surface area contributed by atoms with Gasteiger partial charge in [0, 0.05) is 19.0 Å². The third-order valence-corrected chi connectivity index (χ3v) is 4.97. The molecule has 0 heterocycles. The molecule has 140 valence electrons. The monoisotopic (exact) mass is 382 g/mol. The van der Waals surface area contributed by atoms with Crippen LogP contribution in [0, 0.1) is 11.6 Å². The number of nitrogens with zero attached hydrogens (tertiary/aromatic N) is 1. The van der Waals surface area contributed by atoms with Gasteiger partial charge in [0.15, 0.2) is 0 Å². The minimum atomic E-state index is -3.60. The molecule has 0 radical (unpaired) electrons. The first-order valence-corrected chi connectivity index (χ1v) is 9.87. The summed E-state index contributed by atoms with van der Waals surface area (Å²) in [6.45, 7) is 1.81. The van der Waals surface area contributed by atoms with Crippen LogP contribution < -0.4 is 9.62 Å². The summed E-state index contributed by atoms with van der Waals surface area (Å²) in [5.41, 5.74) is 1.19. The van der Waals surface area contributed by atoms with Crippen LogP contribution in [0.15, 0.2) is 42.5 Å². The lowest BCUT2D eigenvalue weighted by Crippen LogP contribution is -2.33. The number of sulfonamides is 1. The van der Waals surface area contributed by atoms with E-state index < -0.39 is 27.6 Å². The van der Waals surface area contributed by atoms with Crippen molar-refractivity contribution in [3.05, 3.63) is 59.7 Å². The highest BCUT2D eigenvalue weighted by molar-refractivity contribution is 7.92. The largest absolute Gasteiger partial charge is 0.324 e. The first kappa shape index (κ1) is 19.8. The van der Waals surface area contributed by atoms with Crippen LogP contribution in [0.5, 0.6) is 0 Å². The van der Waals surface area contributed by atoms with E-state index >= 15 is 0 Å². The Hall–Kier alpha value is -2.48. The molecule has 0 spiro atoms. The number of carbonyl (C=O) groups excluding carboxylic acids is 1. The van der Waals surface area contributed by atoms with E-state index in [4.69, 9.17) is 0 Å². The zero-order valence-corrected chi connectivity index (χ0v) is 15.3. The summed E-state index contributed by atoms with van der Waals surface area (Å²) < 4.78 is 52.0. The van der Waals surface area contributed by atoms with Crippen LogP contribution in [0.1, 0.15) is 18.9 Å². The molecule has 26 heavy (non-hydrogen) atoms. The van der Waals surface area contributed by atoms with Gasteiger partial charge in [0.05, 0.1) is 17.6 Å². The Morgan fingerprint density at radius 3 is 2.46 bits per heavy atom. The van der Waals surface area contributed by atoms with E-state index in [-0.39, 0.29) is 18.7 Å². The molecule has 0 bridgehead atoms. The minimum Gasteiger partial charge on any atom is -0.324 e. The van der Waals surface area contributed by atoms with Gasteiger partial charge in [0.1, 0.15) is 11.6 Å². The Bertz CT molecular complexity index is 901. The van der Waals surface area contributed by atoms with Gasteiger partial charge in [-0.2, -0.15) is 0 Å². The summed E-state index contributed by atoms with van der Waals surface area (Å²) in [6.07, 6.45) is 1.52. The van der Waals surface area contributed by atoms with E-state index in [0.29, 0.717) is 18.2 Å². The molecule has 0 fully saturated rings. The van der Waals surface area contributed by atoms with Crippen LogP contribution in [0.4, 0.5) is 20.2 Å². The smallest absolute Gasteiger partial charge is 0.232 e. The molecule has 0 aliphatic heterocycles. The predicted octanol–water partition coefficient (Wildman–Crippen LogP) is 3.32. The fourth-order valence-corrected chi connectivity index (χ4v) is 3.48. The predicted molar refractivity (Wildman–Crippen MR) is 97.6 cm³/mol. The highest BCUT2D eigenvalue weighted by Gasteiger charge is 2.21. The van der Waals surface area contributed by atoms with Crippen molar-refractivity contribution >= 4 is 27.3 Å². The Morgan fingerprint density at radius 1 is 1.15 bits per heavy atom. The van der Waals surface area contributed by atoms with Gasteiger partial charge in [-0.3, -0.25) is 9.10 Å². The zero-order valence-electron chi connectivity index (χ0n) is 14.5. The van der Waals surface area contributed by atoms with E-state index in [9.17, 15) is 22.0 Å². The number of rotatable bonds is 7. The van der Waals surface area contributed by atoms with E-state index in [2.05, 4.69) is 5.32 Å². The highest BCUT2D eigenvalue weighted by Crippen LogP contribution is 2.24. The topological polar surface area (TPSA) is 66.5 Å². The molecule has 2 aromatic carbocycles. The molecule has 0 atom stereocenters. The van der Waals surface area contributed by atoms with Crippen molar-refractivity contribution in [2.75, 3.05) is 22.4 Å². The number of halogens is 2. The number of hydrogen-bond acceptors (Lipinski definition) is 3. The SMILES string of the molecule is CCc1ccccc1N(CCC(=O)Nc1ccc(F)cc1F)S(C)(=O)=O. The second kappa shape index (κ2) is 8.27. The number of nitrogens with one attached hydrogen (secondary N) is 1. The van der Waals surface area contributed by atoms with Gasteiger partial charge in [0.25, 0.3) is 0 Å². The summed E-state index contributed by atoms with van der Waals surface area (Å²) in [7, 11) is -3.60. The summed E-state index contributed by atoms with van der Waals surface area (Å²) in [6, 6.07) is 9.84. The molecule has 0 aliphatic carbocycles. The van der Waals surface area contributed by atoms with E-state index in [1.54, 1.807) is 12.1 Å². The molecular weight excluding hydrogens is 362 g/mol. The molecule has 2 rings (SSSR count). The third-order valence-electron chi connectivity index (χ3n) is 3.79. The van der Waals surface area contributed by atoms with Crippen LogP contribution >= 0.6 is 0 Å². The van der Waals surface area contributed by atoms with Crippen molar-refractivity contribution in [3.63, 3.8) is 0 Å². The van der Waals surface area contributed by atoms with Gasteiger partial charge in [-0.15, -0.1) is 0 Å². The molecule has 5 nitrogen and oxygen atoms in total. The summed E-state index contributed by atoms with van der Waals surface area (Å²) in [4.78, 5) is 12.1. The fourth-order valence-electron chi connectivity index (χ4n) is 2.52. The second-order valence-electron chi connectivity index (χ2n) is 5.74. The first-order valence-electron chi connectivity index (χ1n) is 8.03. The Kier molecular flexibility index (Phi) is 6.31. The Balaban J connectivity index is 2.14. The van der Waals surface area contributed by atoms with Gasteiger partial charge in [-0.1, -0.05) is 25.1 Å². The van der Waals surface area contributed by atoms with Gasteiger partial charge in [-0.25, -0.2) is 17.2 Å². The summed E-state index contributed by atoms with van der Waals surface area (Å²) >= 11 is 0. The molecule has 0 aromatic heterocycles. The summed E-state index contributed by atoms with van der Waals surface area (Å²) in [5.74, 6) is -2.22. The normalized spacial score (nSPS) is 11.2. The van der Waals surface area contributed by atoms with E-state index in [1.165, 1.54) is 0 Å². The molecule has 2 aromatic rings. The maximum atomic E-state index is 13.6. The number of amides is 1. The van der Waals surface area contributed by atoms with Crippen LogP contribution in [0.25, 0.3) is 0 Å². The van der Waals surface area contributed by atoms with Crippen molar-refractivity contribution < 1.29 is 22.0 Å². The van der Waals surface area contributed by atoms with Gasteiger partial charge in [-0.05, 0) is 30.2 Å². The van der Waals surface area contributed by atoms with Gasteiger partial charge >= 0.3 is 0 Å². The molecule has 0 aliphatic rings. The van der Waals surface area contributed by atoms with Crippen molar-refractivity contribution in [3.8, 4) is 0 Å². The third kappa shape index (κ3) is 5.01. The highest BCUT2D eigenvalue weighted by atomic mass is 32.2. The van der Waals surface area contributed by atoms with Crippen LogP contribution in [0.3, 0.4) is 0 Å². The molecule has 8 heteroatoms. The summed E-state index contributed by atoms with van der Waals surface area (Å²) in [5, 5.41) is 2.32. The number of benzene rings is 2. The second-order valence-corrected chi connectivity index (χ2v) is 7.65. The molecule has 0 saturated heterocycles. The van der Waals surface area contributed by atoms with E-state index in [1.807, 2.05) is 19.1 Å². The van der Waals surface area contributed by atoms with Crippen molar-refractivity contribution in [2.24, 2.45) is 0 Å². The van der Waals surface area contributed by atoms with Gasteiger partial charge in [0.2, 0.25) is 15.9 Å². The molecule has 1 N–H and O–H groups in total. The van der Waals surface area contributed by atoms with Crippen LogP contribution in [-0.4, -0.2) is 27.1 Å². The first-order chi connectivity index (χ1) is 12.2. The number of carbonyl (C=O) groups is 1. The number of para-hydroxylation sites is 1. The number of aryl methyl sites for hydroxylation is 1. The average molecular weight is 382 g/mol. The lowest BCUT2D eigenvalue weighted by atomic mass is 10.1.